The maximum Gasteiger partial charge on any atom is 0.323 e. The molecule has 0 aliphatic rings. The molecule has 0 heterocycles. The van der Waals surface area contributed by atoms with Gasteiger partial charge in [-0.25, -0.2) is 0 Å². The molecule has 122 valence electrons. The van der Waals surface area contributed by atoms with E-state index in [4.69, 9.17) is 0 Å². The lowest BCUT2D eigenvalue weighted by Crippen LogP contribution is -2.56. The Labute approximate surface area is 121 Å². The van der Waals surface area contributed by atoms with E-state index in [-0.39, 0.29) is 19.3 Å². The average Bonchev–Trinajstić information content (AvgIpc) is 2.33. The van der Waals surface area contributed by atoms with Crippen LogP contribution < -0.4 is 5.11 Å². The zero-order valence-corrected chi connectivity index (χ0v) is 12.4. The molecule has 0 radical (unpaired) electrons. The summed E-state index contributed by atoms with van der Waals surface area (Å²) in [5.74, 6) is -8.48. The van der Waals surface area contributed by atoms with Gasteiger partial charge in [-0.1, -0.05) is 20.8 Å². The van der Waals surface area contributed by atoms with Crippen LogP contribution in [0.4, 0.5) is 8.78 Å². The predicted molar refractivity (Wildman–Crippen MR) is 65.2 cm³/mol. The number of hydrogen-bond donors (Lipinski definition) is 0. The number of ether oxygens (including phenoxy) is 2. The van der Waals surface area contributed by atoms with Crippen molar-refractivity contribution in [2.24, 2.45) is 5.41 Å². The molecule has 0 bridgehead atoms. The van der Waals surface area contributed by atoms with E-state index in [0.29, 0.717) is 0 Å². The molecule has 1 unspecified atom stereocenters. The molecule has 0 aliphatic carbocycles. The first-order valence-electron chi connectivity index (χ1n) is 6.28. The van der Waals surface area contributed by atoms with Gasteiger partial charge in [0.1, 0.15) is 5.97 Å². The highest BCUT2D eigenvalue weighted by molar-refractivity contribution is 5.76. The monoisotopic (exact) mass is 309 g/mol. The molecule has 21 heavy (non-hydrogen) atoms. The molecule has 1 atom stereocenters. The van der Waals surface area contributed by atoms with Gasteiger partial charge in [-0.3, -0.25) is 9.59 Å². The largest absolute Gasteiger partial charge is 0.544 e. The number of esters is 2. The van der Waals surface area contributed by atoms with E-state index < -0.39 is 35.3 Å². The van der Waals surface area contributed by atoms with Crippen LogP contribution in [0.1, 0.15) is 40.0 Å². The van der Waals surface area contributed by atoms with Crippen molar-refractivity contribution >= 4 is 17.9 Å². The van der Waals surface area contributed by atoms with Crippen molar-refractivity contribution in [2.75, 3.05) is 7.11 Å². The van der Waals surface area contributed by atoms with Crippen LogP contribution in [0.3, 0.4) is 0 Å². The van der Waals surface area contributed by atoms with Gasteiger partial charge in [-0.2, -0.15) is 8.78 Å². The summed E-state index contributed by atoms with van der Waals surface area (Å²) in [6.45, 7) is 3.95. The van der Waals surface area contributed by atoms with E-state index in [2.05, 4.69) is 9.47 Å². The molecule has 0 saturated carbocycles. The van der Waals surface area contributed by atoms with Crippen molar-refractivity contribution in [3.8, 4) is 0 Å². The van der Waals surface area contributed by atoms with Crippen molar-refractivity contribution in [1.82, 2.24) is 0 Å². The molecule has 0 aromatic carbocycles. The lowest BCUT2D eigenvalue weighted by atomic mass is 9.85. The number of carbonyl (C=O) groups is 3. The van der Waals surface area contributed by atoms with E-state index in [0.717, 1.165) is 0 Å². The predicted octanol–water partition coefficient (Wildman–Crippen LogP) is 0.673. The van der Waals surface area contributed by atoms with Crippen LogP contribution in [0.2, 0.25) is 0 Å². The summed E-state index contributed by atoms with van der Waals surface area (Å²) in [5.41, 5.74) is -1.30. The quantitative estimate of drug-likeness (QED) is 0.642. The molecule has 0 N–H and O–H groups in total. The van der Waals surface area contributed by atoms with Gasteiger partial charge in [-0.05, 0) is 6.42 Å². The molecule has 8 heteroatoms. The van der Waals surface area contributed by atoms with Crippen LogP contribution >= 0.6 is 0 Å². The first-order valence-corrected chi connectivity index (χ1v) is 6.28. The van der Waals surface area contributed by atoms with E-state index in [1.165, 1.54) is 27.9 Å². The smallest absolute Gasteiger partial charge is 0.323 e. The van der Waals surface area contributed by atoms with Crippen molar-refractivity contribution in [3.63, 3.8) is 0 Å². The third-order valence-electron chi connectivity index (χ3n) is 2.63. The van der Waals surface area contributed by atoms with Crippen LogP contribution in [-0.4, -0.2) is 37.0 Å². The standard InChI is InChI=1S/C13H20F2O6/c1-12(2,3)10(13(14,15)11(18)19)21-9(17)7-5-6-8(16)20-4/h10H,5-7H2,1-4H3,(H,18,19)/p-1. The number of carboxylic acids is 1. The number of methoxy groups -OCH3 is 1. The van der Waals surface area contributed by atoms with E-state index in [1.54, 1.807) is 0 Å². The molecule has 0 saturated heterocycles. The Morgan fingerprint density at radius 2 is 1.57 bits per heavy atom. The summed E-state index contributed by atoms with van der Waals surface area (Å²) < 4.78 is 36.1. The molecular formula is C13H19F2O6-. The summed E-state index contributed by atoms with van der Waals surface area (Å²) in [7, 11) is 1.18. The number of rotatable bonds is 7. The van der Waals surface area contributed by atoms with Gasteiger partial charge >= 0.3 is 17.9 Å². The third kappa shape index (κ3) is 6.05. The van der Waals surface area contributed by atoms with Crippen LogP contribution in [-0.2, 0) is 23.9 Å². The highest BCUT2D eigenvalue weighted by Gasteiger charge is 2.50. The summed E-state index contributed by atoms with van der Waals surface area (Å²) in [4.78, 5) is 32.9. The third-order valence-corrected chi connectivity index (χ3v) is 2.63. The summed E-state index contributed by atoms with van der Waals surface area (Å²) in [5, 5.41) is 10.5. The zero-order valence-electron chi connectivity index (χ0n) is 12.4. The molecular weight excluding hydrogens is 290 g/mol. The van der Waals surface area contributed by atoms with Crippen LogP contribution in [0, 0.1) is 5.41 Å². The Morgan fingerprint density at radius 3 is 1.95 bits per heavy atom. The summed E-state index contributed by atoms with van der Waals surface area (Å²) in [6.07, 6.45) is -2.48. The van der Waals surface area contributed by atoms with Gasteiger partial charge in [0.2, 0.25) is 0 Å². The van der Waals surface area contributed by atoms with Crippen molar-refractivity contribution < 1.29 is 37.7 Å². The van der Waals surface area contributed by atoms with E-state index >= 15 is 0 Å². The minimum Gasteiger partial charge on any atom is -0.544 e. The highest BCUT2D eigenvalue weighted by atomic mass is 19.3. The van der Waals surface area contributed by atoms with Gasteiger partial charge in [0.15, 0.2) is 6.10 Å². The maximum absolute atomic E-state index is 13.6. The molecule has 0 amide bonds. The SMILES string of the molecule is COC(=O)CCCC(=O)OC(C(C)(C)C)C(F)(F)C(=O)[O-]. The highest BCUT2D eigenvalue weighted by Crippen LogP contribution is 2.35. The molecule has 0 aliphatic heterocycles. The lowest BCUT2D eigenvalue weighted by molar-refractivity contribution is -0.339. The first-order chi connectivity index (χ1) is 9.42. The van der Waals surface area contributed by atoms with Gasteiger partial charge < -0.3 is 19.4 Å². The first kappa shape index (κ1) is 19.3. The Balaban J connectivity index is 4.74. The minimum atomic E-state index is -4.31. The van der Waals surface area contributed by atoms with Crippen LogP contribution in [0.5, 0.6) is 0 Å². The van der Waals surface area contributed by atoms with Crippen molar-refractivity contribution in [1.29, 1.82) is 0 Å². The molecule has 0 fully saturated rings. The Hall–Kier alpha value is -1.73. The number of aliphatic carboxylic acids is 1. The van der Waals surface area contributed by atoms with E-state index in [9.17, 15) is 28.3 Å². The number of halogens is 2. The summed E-state index contributed by atoms with van der Waals surface area (Å²) in [6, 6.07) is 0. The van der Waals surface area contributed by atoms with Crippen LogP contribution in [0.15, 0.2) is 0 Å². The number of carbonyl (C=O) groups excluding carboxylic acids is 3. The van der Waals surface area contributed by atoms with Gasteiger partial charge in [-0.15, -0.1) is 0 Å². The minimum absolute atomic E-state index is 0.0548. The number of carboxylic acid groups (broad SMARTS) is 1. The van der Waals surface area contributed by atoms with Crippen LogP contribution in [0.25, 0.3) is 0 Å². The fourth-order valence-corrected chi connectivity index (χ4v) is 1.57. The topological polar surface area (TPSA) is 92.7 Å². The second-order valence-corrected chi connectivity index (χ2v) is 5.58. The Kier molecular flexibility index (Phi) is 6.72. The fraction of sp³-hybridized carbons (Fsp3) is 0.769. The molecule has 6 nitrogen and oxygen atoms in total. The van der Waals surface area contributed by atoms with Gasteiger partial charge in [0.05, 0.1) is 7.11 Å². The van der Waals surface area contributed by atoms with Gasteiger partial charge in [0.25, 0.3) is 0 Å². The summed E-state index contributed by atoms with van der Waals surface area (Å²) >= 11 is 0. The fourth-order valence-electron chi connectivity index (χ4n) is 1.57. The second-order valence-electron chi connectivity index (χ2n) is 5.58. The molecule has 0 spiro atoms. The number of alkyl halides is 2. The van der Waals surface area contributed by atoms with Gasteiger partial charge in [0, 0.05) is 18.3 Å². The molecule has 0 aromatic heterocycles. The maximum atomic E-state index is 13.6. The van der Waals surface area contributed by atoms with E-state index in [1.807, 2.05) is 0 Å². The van der Waals surface area contributed by atoms with Crippen molar-refractivity contribution in [3.05, 3.63) is 0 Å². The second kappa shape index (κ2) is 7.33. The normalized spacial score (nSPS) is 13.4. The lowest BCUT2D eigenvalue weighted by Gasteiger charge is -2.36. The molecule has 0 aromatic rings. The Bertz CT molecular complexity index is 400. The Morgan fingerprint density at radius 1 is 1.10 bits per heavy atom. The zero-order chi connectivity index (χ0) is 16.8. The average molecular weight is 309 g/mol. The molecule has 0 rings (SSSR count). The van der Waals surface area contributed by atoms with Crippen molar-refractivity contribution in [2.45, 2.75) is 52.1 Å². The number of hydrogen-bond acceptors (Lipinski definition) is 6.